The Bertz CT molecular complexity index is 774. The molecule has 1 N–H and O–H groups in total. The molecule has 1 fully saturated rings. The molecule has 0 bridgehead atoms. The van der Waals surface area contributed by atoms with E-state index in [4.69, 9.17) is 0 Å². The zero-order valence-electron chi connectivity index (χ0n) is 12.2. The topological polar surface area (TPSA) is 53.9 Å². The van der Waals surface area contributed by atoms with Crippen molar-refractivity contribution in [1.82, 2.24) is 15.0 Å². The lowest BCUT2D eigenvalue weighted by Gasteiger charge is -2.19. The number of rotatable bonds is 3. The molecular weight excluding hydrogens is 274 g/mol. The first-order chi connectivity index (χ1) is 10.9. The van der Waals surface area contributed by atoms with Crippen molar-refractivity contribution in [2.45, 2.75) is 12.5 Å². The smallest absolute Gasteiger partial charge is 0.180 e. The maximum Gasteiger partial charge on any atom is 0.180 e. The Hall–Kier alpha value is -2.69. The van der Waals surface area contributed by atoms with Crippen LogP contribution in [0.5, 0.6) is 0 Å². The Kier molecular flexibility index (Phi) is 3.31. The molecular formula is C17H17N5. The lowest BCUT2D eigenvalue weighted by molar-refractivity contribution is 0.801. The van der Waals surface area contributed by atoms with E-state index in [1.54, 1.807) is 12.4 Å². The summed E-state index contributed by atoms with van der Waals surface area (Å²) in [4.78, 5) is 15.4. The van der Waals surface area contributed by atoms with Gasteiger partial charge in [0.25, 0.3) is 0 Å². The molecule has 1 aliphatic rings. The zero-order valence-corrected chi connectivity index (χ0v) is 12.2. The van der Waals surface area contributed by atoms with Crippen molar-refractivity contribution in [3.8, 4) is 0 Å². The zero-order chi connectivity index (χ0) is 14.8. The molecule has 0 amide bonds. The van der Waals surface area contributed by atoms with E-state index >= 15 is 0 Å². The Morgan fingerprint density at radius 1 is 1.00 bits per heavy atom. The van der Waals surface area contributed by atoms with Crippen LogP contribution in [0.1, 0.15) is 6.42 Å². The van der Waals surface area contributed by atoms with Gasteiger partial charge in [-0.2, -0.15) is 0 Å². The molecule has 0 saturated carbocycles. The summed E-state index contributed by atoms with van der Waals surface area (Å²) in [5.74, 6) is 0.868. The van der Waals surface area contributed by atoms with Crippen molar-refractivity contribution in [2.75, 3.05) is 23.3 Å². The van der Waals surface area contributed by atoms with Crippen LogP contribution in [0.15, 0.2) is 54.9 Å². The Labute approximate surface area is 129 Å². The van der Waals surface area contributed by atoms with Crippen LogP contribution in [-0.4, -0.2) is 34.1 Å². The van der Waals surface area contributed by atoms with Crippen molar-refractivity contribution >= 4 is 22.7 Å². The van der Waals surface area contributed by atoms with Crippen molar-refractivity contribution < 1.29 is 0 Å². The number of nitrogens with zero attached hydrogens (tertiary/aromatic N) is 4. The van der Waals surface area contributed by atoms with Crippen molar-refractivity contribution in [2.24, 2.45) is 0 Å². The normalized spacial score (nSPS) is 17.8. The number of para-hydroxylation sites is 1. The maximum atomic E-state index is 4.53. The summed E-state index contributed by atoms with van der Waals surface area (Å²) in [5.41, 5.74) is 2.79. The SMILES string of the molecule is c1ccc(N2CC[C@@H](Nc3ccc4nccnc4n3)C2)cc1. The van der Waals surface area contributed by atoms with Gasteiger partial charge in [-0.1, -0.05) is 18.2 Å². The van der Waals surface area contributed by atoms with E-state index in [2.05, 4.69) is 55.5 Å². The van der Waals surface area contributed by atoms with Gasteiger partial charge in [0.2, 0.25) is 0 Å². The first-order valence-electron chi connectivity index (χ1n) is 7.53. The van der Waals surface area contributed by atoms with Crippen LogP contribution in [0.25, 0.3) is 11.2 Å². The monoisotopic (exact) mass is 291 g/mol. The number of hydrogen-bond donors (Lipinski definition) is 1. The molecule has 0 unspecified atom stereocenters. The highest BCUT2D eigenvalue weighted by atomic mass is 15.2. The molecule has 5 nitrogen and oxygen atoms in total. The molecule has 3 heterocycles. The van der Waals surface area contributed by atoms with Crippen LogP contribution in [0, 0.1) is 0 Å². The summed E-state index contributed by atoms with van der Waals surface area (Å²) in [7, 11) is 0. The summed E-state index contributed by atoms with van der Waals surface area (Å²) in [6.45, 7) is 2.05. The molecule has 0 spiro atoms. The van der Waals surface area contributed by atoms with E-state index in [1.807, 2.05) is 12.1 Å². The minimum absolute atomic E-state index is 0.404. The average molecular weight is 291 g/mol. The molecule has 2 aromatic heterocycles. The van der Waals surface area contributed by atoms with Gasteiger partial charge in [0, 0.05) is 37.2 Å². The molecule has 4 rings (SSSR count). The van der Waals surface area contributed by atoms with Gasteiger partial charge in [0.15, 0.2) is 5.65 Å². The molecule has 3 aromatic rings. The molecule has 0 aliphatic carbocycles. The standard InChI is InChI=1S/C17H17N5/c1-2-4-14(5-3-1)22-11-8-13(12-22)20-16-7-6-15-17(21-16)19-10-9-18-15/h1-7,9-10,13H,8,11-12H2,(H,19,20,21)/t13-/m1/s1. The largest absolute Gasteiger partial charge is 0.369 e. The summed E-state index contributed by atoms with van der Waals surface area (Å²) < 4.78 is 0. The first-order valence-corrected chi connectivity index (χ1v) is 7.53. The Morgan fingerprint density at radius 2 is 1.86 bits per heavy atom. The minimum atomic E-state index is 0.404. The molecule has 1 saturated heterocycles. The van der Waals surface area contributed by atoms with E-state index in [1.165, 1.54) is 5.69 Å². The molecule has 110 valence electrons. The highest BCUT2D eigenvalue weighted by molar-refractivity contribution is 5.71. The second-order valence-electron chi connectivity index (χ2n) is 5.51. The highest BCUT2D eigenvalue weighted by Crippen LogP contribution is 2.22. The lowest BCUT2D eigenvalue weighted by Crippen LogP contribution is -2.26. The second kappa shape index (κ2) is 5.60. The van der Waals surface area contributed by atoms with E-state index in [0.717, 1.165) is 30.8 Å². The van der Waals surface area contributed by atoms with Gasteiger partial charge >= 0.3 is 0 Å². The molecule has 1 aliphatic heterocycles. The van der Waals surface area contributed by atoms with Crippen LogP contribution in [0.2, 0.25) is 0 Å². The average Bonchev–Trinajstić information content (AvgIpc) is 3.04. The number of fused-ring (bicyclic) bond motifs is 1. The van der Waals surface area contributed by atoms with Gasteiger partial charge in [-0.3, -0.25) is 4.98 Å². The minimum Gasteiger partial charge on any atom is -0.369 e. The van der Waals surface area contributed by atoms with Gasteiger partial charge < -0.3 is 10.2 Å². The van der Waals surface area contributed by atoms with Crippen LogP contribution < -0.4 is 10.2 Å². The number of pyridine rings is 1. The quantitative estimate of drug-likeness (QED) is 0.804. The number of anilines is 2. The third-order valence-corrected chi connectivity index (χ3v) is 3.99. The summed E-state index contributed by atoms with van der Waals surface area (Å²) in [6.07, 6.45) is 4.47. The van der Waals surface area contributed by atoms with Crippen molar-refractivity contribution in [3.05, 3.63) is 54.9 Å². The highest BCUT2D eigenvalue weighted by Gasteiger charge is 2.22. The number of benzene rings is 1. The third-order valence-electron chi connectivity index (χ3n) is 3.99. The van der Waals surface area contributed by atoms with Crippen LogP contribution in [0.4, 0.5) is 11.5 Å². The number of aromatic nitrogens is 3. The van der Waals surface area contributed by atoms with Gasteiger partial charge in [0.1, 0.15) is 11.3 Å². The summed E-state index contributed by atoms with van der Waals surface area (Å²) in [5, 5.41) is 3.51. The van der Waals surface area contributed by atoms with Crippen molar-refractivity contribution in [3.63, 3.8) is 0 Å². The van der Waals surface area contributed by atoms with Gasteiger partial charge in [-0.15, -0.1) is 0 Å². The fourth-order valence-corrected chi connectivity index (χ4v) is 2.90. The molecule has 1 atom stereocenters. The van der Waals surface area contributed by atoms with E-state index in [0.29, 0.717) is 11.7 Å². The third kappa shape index (κ3) is 2.57. The van der Waals surface area contributed by atoms with E-state index < -0.39 is 0 Å². The molecule has 5 heteroatoms. The Balaban J connectivity index is 1.47. The first kappa shape index (κ1) is 13.0. The fourth-order valence-electron chi connectivity index (χ4n) is 2.90. The summed E-state index contributed by atoms with van der Waals surface area (Å²) in [6, 6.07) is 14.9. The maximum absolute atomic E-state index is 4.53. The van der Waals surface area contributed by atoms with Gasteiger partial charge in [0.05, 0.1) is 0 Å². The van der Waals surface area contributed by atoms with Crippen LogP contribution in [-0.2, 0) is 0 Å². The Morgan fingerprint density at radius 3 is 2.77 bits per heavy atom. The predicted octanol–water partition coefficient (Wildman–Crippen LogP) is 2.72. The van der Waals surface area contributed by atoms with Crippen molar-refractivity contribution in [1.29, 1.82) is 0 Å². The number of nitrogens with one attached hydrogen (secondary N) is 1. The molecule has 1 aromatic carbocycles. The second-order valence-corrected chi connectivity index (χ2v) is 5.51. The summed E-state index contributed by atoms with van der Waals surface area (Å²) >= 11 is 0. The molecule has 0 radical (unpaired) electrons. The molecule has 22 heavy (non-hydrogen) atoms. The van der Waals surface area contributed by atoms with Gasteiger partial charge in [-0.05, 0) is 30.7 Å². The van der Waals surface area contributed by atoms with Gasteiger partial charge in [-0.25, -0.2) is 9.97 Å². The number of hydrogen-bond acceptors (Lipinski definition) is 5. The van der Waals surface area contributed by atoms with E-state index in [-0.39, 0.29) is 0 Å². The van der Waals surface area contributed by atoms with Crippen LogP contribution in [0.3, 0.4) is 0 Å². The fraction of sp³-hybridized carbons (Fsp3) is 0.235. The van der Waals surface area contributed by atoms with E-state index in [9.17, 15) is 0 Å². The lowest BCUT2D eigenvalue weighted by atomic mass is 10.2. The van der Waals surface area contributed by atoms with Crippen LogP contribution >= 0.6 is 0 Å². The predicted molar refractivity (Wildman–Crippen MR) is 88.0 cm³/mol.